The number of aromatic hydroxyl groups is 1. The normalized spacial score (nSPS) is 12.3. The standard InChI is InChI=1S/C52H43N5O2/c1-51(2,3)34-19-20-43(38(24-34)31-13-8-7-9-14-31)57-44-17-12-16-37(40-27-41-36-15-10-11-18-46(36)59-47(41)28-45(40)58)49(44)56-50(57)33-23-32(29-53-30-33)39-25-35(52(4,5)6)26-42-48(39)55-22-21-54-42/h7-30,58H,1-6H3. The van der Waals surface area contributed by atoms with Gasteiger partial charge in [-0.2, -0.15) is 0 Å². The Hall–Kier alpha value is -7.12. The predicted molar refractivity (Wildman–Crippen MR) is 240 cm³/mol. The number of rotatable bonds is 5. The first-order valence-electron chi connectivity index (χ1n) is 20.0. The van der Waals surface area contributed by atoms with Crippen LogP contribution in [0.5, 0.6) is 5.75 Å². The number of benzene rings is 6. The minimum Gasteiger partial charge on any atom is -0.507 e. The van der Waals surface area contributed by atoms with Crippen LogP contribution in [0.1, 0.15) is 52.7 Å². The molecule has 0 aliphatic heterocycles. The van der Waals surface area contributed by atoms with Crippen LogP contribution >= 0.6 is 0 Å². The average molecular weight is 770 g/mol. The van der Waals surface area contributed by atoms with Gasteiger partial charge in [0.15, 0.2) is 0 Å². The van der Waals surface area contributed by atoms with Crippen molar-refractivity contribution in [3.05, 3.63) is 157 Å². The highest BCUT2D eigenvalue weighted by Gasteiger charge is 2.25. The Morgan fingerprint density at radius 1 is 0.542 bits per heavy atom. The highest BCUT2D eigenvalue weighted by molar-refractivity contribution is 6.09. The van der Waals surface area contributed by atoms with Crippen LogP contribution in [0.15, 0.2) is 151 Å². The third-order valence-electron chi connectivity index (χ3n) is 11.4. The Kier molecular flexibility index (Phi) is 8.28. The minimum absolute atomic E-state index is 0.0754. The fourth-order valence-electron chi connectivity index (χ4n) is 8.21. The van der Waals surface area contributed by atoms with Gasteiger partial charge in [-0.3, -0.25) is 19.5 Å². The summed E-state index contributed by atoms with van der Waals surface area (Å²) in [5.74, 6) is 0.842. The lowest BCUT2D eigenvalue weighted by Crippen LogP contribution is -2.12. The summed E-state index contributed by atoms with van der Waals surface area (Å²) < 4.78 is 8.40. The maximum atomic E-state index is 11.7. The molecule has 0 radical (unpaired) electrons. The maximum Gasteiger partial charge on any atom is 0.147 e. The first-order chi connectivity index (χ1) is 28.4. The van der Waals surface area contributed by atoms with Crippen molar-refractivity contribution in [2.45, 2.75) is 52.4 Å². The second-order valence-electron chi connectivity index (χ2n) is 17.4. The van der Waals surface area contributed by atoms with E-state index in [-0.39, 0.29) is 16.6 Å². The van der Waals surface area contributed by atoms with E-state index in [0.29, 0.717) is 11.1 Å². The summed E-state index contributed by atoms with van der Waals surface area (Å²) >= 11 is 0. The van der Waals surface area contributed by atoms with Crippen molar-refractivity contribution in [3.63, 3.8) is 0 Å². The van der Waals surface area contributed by atoms with E-state index in [0.717, 1.165) is 88.9 Å². The number of imidazole rings is 1. The van der Waals surface area contributed by atoms with Crippen LogP contribution in [-0.4, -0.2) is 29.6 Å². The van der Waals surface area contributed by atoms with Gasteiger partial charge in [0.1, 0.15) is 22.7 Å². The number of aromatic nitrogens is 5. The van der Waals surface area contributed by atoms with E-state index >= 15 is 0 Å². The lowest BCUT2D eigenvalue weighted by molar-refractivity contribution is 0.477. The van der Waals surface area contributed by atoms with Gasteiger partial charge in [-0.05, 0) is 76.1 Å². The smallest absolute Gasteiger partial charge is 0.147 e. The van der Waals surface area contributed by atoms with Crippen LogP contribution in [0, 0.1) is 0 Å². The monoisotopic (exact) mass is 769 g/mol. The molecule has 0 amide bonds. The van der Waals surface area contributed by atoms with Crippen LogP contribution in [0.25, 0.3) is 94.5 Å². The predicted octanol–water partition coefficient (Wildman–Crippen LogP) is 13.2. The molecule has 0 saturated heterocycles. The van der Waals surface area contributed by atoms with Gasteiger partial charge >= 0.3 is 0 Å². The molecule has 0 aliphatic carbocycles. The van der Waals surface area contributed by atoms with Gasteiger partial charge in [0.05, 0.1) is 27.8 Å². The van der Waals surface area contributed by atoms with E-state index < -0.39 is 0 Å². The molecule has 10 aromatic rings. The molecule has 4 aromatic heterocycles. The van der Waals surface area contributed by atoms with Gasteiger partial charge in [0.25, 0.3) is 0 Å². The van der Waals surface area contributed by atoms with Crippen LogP contribution in [0.3, 0.4) is 0 Å². The summed E-state index contributed by atoms with van der Waals surface area (Å²) in [7, 11) is 0. The van der Waals surface area contributed by atoms with Crippen molar-refractivity contribution in [1.82, 2.24) is 24.5 Å². The Morgan fingerprint density at radius 3 is 2.10 bits per heavy atom. The number of pyridine rings is 1. The summed E-state index contributed by atoms with van der Waals surface area (Å²) in [5, 5.41) is 13.6. The van der Waals surface area contributed by atoms with Crippen molar-refractivity contribution in [2.75, 3.05) is 0 Å². The lowest BCUT2D eigenvalue weighted by atomic mass is 9.84. The second kappa shape index (κ2) is 13.5. The number of hydrogen-bond acceptors (Lipinski definition) is 6. The van der Waals surface area contributed by atoms with E-state index in [1.807, 2.05) is 60.9 Å². The van der Waals surface area contributed by atoms with Crippen LogP contribution in [0.2, 0.25) is 0 Å². The highest BCUT2D eigenvalue weighted by atomic mass is 16.3. The van der Waals surface area contributed by atoms with E-state index in [2.05, 4.69) is 113 Å². The molecule has 0 atom stereocenters. The first-order valence-corrected chi connectivity index (χ1v) is 20.0. The largest absolute Gasteiger partial charge is 0.507 e. The number of fused-ring (bicyclic) bond motifs is 5. The molecule has 1 N–H and O–H groups in total. The molecule has 0 fully saturated rings. The summed E-state index contributed by atoms with van der Waals surface area (Å²) in [5.41, 5.74) is 14.3. The van der Waals surface area contributed by atoms with Crippen LogP contribution < -0.4 is 0 Å². The van der Waals surface area contributed by atoms with Crippen molar-refractivity contribution in [3.8, 4) is 56.2 Å². The number of para-hydroxylation sites is 2. The number of furan rings is 1. The SMILES string of the molecule is CC(C)(C)c1ccc(-n2c(-c3cncc(-c4cc(C(C)(C)C)cc5nccnc45)c3)nc3c(-c4cc5c(cc4O)oc4ccccc45)cccc32)c(-c2ccccc2)c1. The average Bonchev–Trinajstić information content (AvgIpc) is 3.81. The Bertz CT molecular complexity index is 3260. The van der Waals surface area contributed by atoms with Crippen LogP contribution in [0.4, 0.5) is 0 Å². The quantitative estimate of drug-likeness (QED) is 0.187. The Balaban J connectivity index is 1.27. The molecular formula is C52H43N5O2. The fraction of sp³-hybridized carbons (Fsp3) is 0.154. The second-order valence-corrected chi connectivity index (χ2v) is 17.4. The molecule has 0 unspecified atom stereocenters. The van der Waals surface area contributed by atoms with E-state index in [9.17, 15) is 5.11 Å². The summed E-state index contributed by atoms with van der Waals surface area (Å²) in [6.45, 7) is 13.4. The zero-order valence-corrected chi connectivity index (χ0v) is 33.9. The Morgan fingerprint density at radius 2 is 1.29 bits per heavy atom. The molecule has 7 heteroatoms. The van der Waals surface area contributed by atoms with Gasteiger partial charge in [-0.15, -0.1) is 0 Å². The number of phenols is 1. The molecule has 4 heterocycles. The van der Waals surface area contributed by atoms with Gasteiger partial charge in [-0.25, -0.2) is 4.98 Å². The highest BCUT2D eigenvalue weighted by Crippen LogP contribution is 2.44. The molecule has 59 heavy (non-hydrogen) atoms. The van der Waals surface area contributed by atoms with Crippen molar-refractivity contribution < 1.29 is 9.52 Å². The van der Waals surface area contributed by atoms with Crippen LogP contribution in [-0.2, 0) is 10.8 Å². The third-order valence-corrected chi connectivity index (χ3v) is 11.4. The summed E-state index contributed by atoms with van der Waals surface area (Å²) in [6.07, 6.45) is 7.27. The fourth-order valence-corrected chi connectivity index (χ4v) is 8.21. The molecular weight excluding hydrogens is 727 g/mol. The van der Waals surface area contributed by atoms with Gasteiger partial charge in [-0.1, -0.05) is 108 Å². The van der Waals surface area contributed by atoms with Gasteiger partial charge in [0, 0.05) is 75.0 Å². The molecule has 7 nitrogen and oxygen atoms in total. The zero-order chi connectivity index (χ0) is 40.6. The Labute approximate surface area is 342 Å². The lowest BCUT2D eigenvalue weighted by Gasteiger charge is -2.23. The third kappa shape index (κ3) is 6.21. The van der Waals surface area contributed by atoms with Gasteiger partial charge < -0.3 is 9.52 Å². The van der Waals surface area contributed by atoms with E-state index in [4.69, 9.17) is 24.4 Å². The summed E-state index contributed by atoms with van der Waals surface area (Å²) in [4.78, 5) is 19.9. The van der Waals surface area contributed by atoms with E-state index in [1.165, 1.54) is 5.56 Å². The molecule has 0 aliphatic rings. The number of phenolic OH excluding ortho intramolecular Hbond substituents is 1. The van der Waals surface area contributed by atoms with Crippen molar-refractivity contribution >= 4 is 44.0 Å². The minimum atomic E-state index is -0.111. The number of nitrogens with zero attached hydrogens (tertiary/aromatic N) is 5. The molecule has 0 saturated carbocycles. The van der Waals surface area contributed by atoms with Gasteiger partial charge in [0.2, 0.25) is 0 Å². The first kappa shape index (κ1) is 36.2. The number of hydrogen-bond donors (Lipinski definition) is 1. The topological polar surface area (TPSA) is 89.9 Å². The molecule has 288 valence electrons. The molecule has 10 rings (SSSR count). The van der Waals surface area contributed by atoms with Crippen molar-refractivity contribution in [1.29, 1.82) is 0 Å². The molecule has 0 bridgehead atoms. The molecule has 0 spiro atoms. The zero-order valence-electron chi connectivity index (χ0n) is 33.9. The van der Waals surface area contributed by atoms with Crippen molar-refractivity contribution in [2.24, 2.45) is 0 Å². The summed E-state index contributed by atoms with van der Waals surface area (Å²) in [6, 6.07) is 41.7. The molecule has 6 aromatic carbocycles. The maximum absolute atomic E-state index is 11.7. The van der Waals surface area contributed by atoms with E-state index in [1.54, 1.807) is 18.5 Å².